The number of hydrogen-bond donors (Lipinski definition) is 2. The molecule has 0 unspecified atom stereocenters. The number of benzene rings is 2. The lowest BCUT2D eigenvalue weighted by Gasteiger charge is -2.23. The minimum absolute atomic E-state index is 0.0725. The summed E-state index contributed by atoms with van der Waals surface area (Å²) >= 11 is 0. The van der Waals surface area contributed by atoms with Crippen molar-refractivity contribution in [3.05, 3.63) is 53.6 Å². The molecule has 2 aromatic rings. The van der Waals surface area contributed by atoms with Gasteiger partial charge in [-0.2, -0.15) is 0 Å². The Hall–Kier alpha value is -2.58. The molecule has 1 saturated heterocycles. The molecule has 8 nitrogen and oxygen atoms in total. The van der Waals surface area contributed by atoms with E-state index in [2.05, 4.69) is 16.6 Å². The third-order valence-electron chi connectivity index (χ3n) is 5.98. The van der Waals surface area contributed by atoms with Gasteiger partial charge >= 0.3 is 0 Å². The molecule has 2 fully saturated rings. The zero-order valence-corrected chi connectivity index (χ0v) is 21.0. The van der Waals surface area contributed by atoms with Crippen LogP contribution in [0.3, 0.4) is 0 Å². The molecule has 3 N–H and O–H groups in total. The van der Waals surface area contributed by atoms with Gasteiger partial charge in [0.15, 0.2) is 0 Å². The van der Waals surface area contributed by atoms with Crippen LogP contribution in [0.15, 0.2) is 47.4 Å². The summed E-state index contributed by atoms with van der Waals surface area (Å²) in [6.45, 7) is 1.97. The largest absolute Gasteiger partial charge is 0.493 e. The lowest BCUT2D eigenvalue weighted by molar-refractivity contribution is 0.0496. The molecule has 0 spiro atoms. The molecule has 0 bridgehead atoms. The first-order chi connectivity index (χ1) is 16.7. The Morgan fingerprint density at radius 2 is 1.77 bits per heavy atom. The lowest BCUT2D eigenvalue weighted by atomic mass is 10.0. The summed E-state index contributed by atoms with van der Waals surface area (Å²) < 4.78 is 63.1. The smallest absolute Gasteiger partial charge is 0.240 e. The van der Waals surface area contributed by atoms with E-state index in [4.69, 9.17) is 14.6 Å². The van der Waals surface area contributed by atoms with Gasteiger partial charge in [0.05, 0.1) is 18.0 Å². The van der Waals surface area contributed by atoms with Gasteiger partial charge in [-0.15, -0.1) is 0 Å². The summed E-state index contributed by atoms with van der Waals surface area (Å²) in [7, 11) is -7.94. The van der Waals surface area contributed by atoms with Crippen LogP contribution in [0, 0.1) is 23.7 Å². The van der Waals surface area contributed by atoms with E-state index in [1.807, 2.05) is 18.2 Å². The molecule has 35 heavy (non-hydrogen) atoms. The van der Waals surface area contributed by atoms with Crippen LogP contribution in [-0.2, 0) is 31.2 Å². The van der Waals surface area contributed by atoms with E-state index in [0.29, 0.717) is 24.2 Å². The number of aryl methyl sites for hydroxylation is 1. The predicted molar refractivity (Wildman–Crippen MR) is 134 cm³/mol. The molecule has 188 valence electrons. The van der Waals surface area contributed by atoms with Crippen LogP contribution in [0.1, 0.15) is 36.8 Å². The number of sulfonamides is 2. The van der Waals surface area contributed by atoms with Crippen molar-refractivity contribution in [1.29, 1.82) is 0 Å². The summed E-state index contributed by atoms with van der Waals surface area (Å²) in [5.41, 5.74) is 1.52. The van der Waals surface area contributed by atoms with Crippen LogP contribution < -0.4 is 14.6 Å². The summed E-state index contributed by atoms with van der Waals surface area (Å²) in [6, 6.07) is 11.3. The summed E-state index contributed by atoms with van der Waals surface area (Å²) in [4.78, 5) is -0.275. The first-order valence-corrected chi connectivity index (χ1v) is 14.9. The summed E-state index contributed by atoms with van der Waals surface area (Å²) in [5, 5.41) is 5.22. The lowest BCUT2D eigenvalue weighted by Crippen LogP contribution is -2.23. The second-order valence-electron chi connectivity index (χ2n) is 8.94. The van der Waals surface area contributed by atoms with Crippen LogP contribution in [0.2, 0.25) is 0 Å². The molecule has 0 amide bonds. The average Bonchev–Trinajstić information content (AvgIpc) is 3.65. The highest BCUT2D eigenvalue weighted by Crippen LogP contribution is 2.29. The maximum absolute atomic E-state index is 12.8. The Morgan fingerprint density at radius 3 is 2.49 bits per heavy atom. The fraction of sp³-hybridized carbons (Fsp3) is 0.440. The topological polar surface area (TPSA) is 125 Å². The van der Waals surface area contributed by atoms with E-state index in [-0.39, 0.29) is 22.8 Å². The Bertz CT molecular complexity index is 1320. The quantitative estimate of drug-likeness (QED) is 0.492. The number of anilines is 1. The second kappa shape index (κ2) is 11.0. The minimum Gasteiger partial charge on any atom is -0.493 e. The van der Waals surface area contributed by atoms with E-state index < -0.39 is 20.0 Å². The van der Waals surface area contributed by atoms with E-state index in [1.165, 1.54) is 24.3 Å². The number of rotatable bonds is 9. The Balaban J connectivity index is 1.48. The van der Waals surface area contributed by atoms with Gasteiger partial charge in [-0.25, -0.2) is 22.0 Å². The number of nitrogens with one attached hydrogen (secondary N) is 1. The highest BCUT2D eigenvalue weighted by Gasteiger charge is 2.21. The second-order valence-corrected chi connectivity index (χ2v) is 12.3. The zero-order chi connectivity index (χ0) is 24.9. The van der Waals surface area contributed by atoms with Gasteiger partial charge in [-0.1, -0.05) is 30.0 Å². The molecule has 10 heteroatoms. The van der Waals surface area contributed by atoms with E-state index in [0.717, 1.165) is 50.0 Å². The van der Waals surface area contributed by atoms with Gasteiger partial charge in [0.25, 0.3) is 0 Å². The maximum atomic E-state index is 12.8. The van der Waals surface area contributed by atoms with Crippen molar-refractivity contribution in [2.45, 2.75) is 37.0 Å². The molecule has 0 atom stereocenters. The minimum atomic E-state index is -4.08. The molecule has 1 heterocycles. The Kier molecular flexibility index (Phi) is 8.02. The van der Waals surface area contributed by atoms with Crippen LogP contribution in [0.5, 0.6) is 5.75 Å². The predicted octanol–water partition coefficient (Wildman–Crippen LogP) is 2.89. The summed E-state index contributed by atoms with van der Waals surface area (Å²) in [6.07, 6.45) is 4.32. The van der Waals surface area contributed by atoms with Crippen molar-refractivity contribution < 1.29 is 26.3 Å². The zero-order valence-electron chi connectivity index (χ0n) is 19.4. The van der Waals surface area contributed by atoms with Gasteiger partial charge < -0.3 is 9.47 Å². The van der Waals surface area contributed by atoms with Crippen molar-refractivity contribution in [3.63, 3.8) is 0 Å². The van der Waals surface area contributed by atoms with Crippen molar-refractivity contribution in [3.8, 4) is 17.6 Å². The van der Waals surface area contributed by atoms with Gasteiger partial charge in [-0.3, -0.25) is 4.72 Å². The average molecular weight is 519 g/mol. The molecule has 4 rings (SSSR count). The SMILES string of the molecule is NS(=O)(=O)c1ccccc1NS(=O)(=O)CCc1ccc(C#CC2CC2)cc1OCC1CCOCC1. The molecule has 0 aromatic heterocycles. The van der Waals surface area contributed by atoms with E-state index >= 15 is 0 Å². The summed E-state index contributed by atoms with van der Waals surface area (Å²) in [5.74, 6) is 7.65. The van der Waals surface area contributed by atoms with Crippen LogP contribution >= 0.6 is 0 Å². The fourth-order valence-corrected chi connectivity index (χ4v) is 5.63. The molecule has 1 saturated carbocycles. The highest BCUT2D eigenvalue weighted by molar-refractivity contribution is 7.93. The molecule has 1 aliphatic carbocycles. The van der Waals surface area contributed by atoms with Gasteiger partial charge in [0, 0.05) is 24.7 Å². The van der Waals surface area contributed by atoms with Gasteiger partial charge in [0.2, 0.25) is 20.0 Å². The van der Waals surface area contributed by atoms with Gasteiger partial charge in [0.1, 0.15) is 10.6 Å². The fourth-order valence-electron chi connectivity index (χ4n) is 3.77. The molecule has 2 aliphatic rings. The molecular formula is C25H30N2O6S2. The Labute approximate surface area is 207 Å². The number of hydrogen-bond acceptors (Lipinski definition) is 6. The first kappa shape index (κ1) is 25.5. The van der Waals surface area contributed by atoms with E-state index in [1.54, 1.807) is 0 Å². The molecular weight excluding hydrogens is 488 g/mol. The van der Waals surface area contributed by atoms with E-state index in [9.17, 15) is 16.8 Å². The number of ether oxygens (including phenoxy) is 2. The molecule has 0 radical (unpaired) electrons. The third-order valence-corrected chi connectivity index (χ3v) is 8.22. The van der Waals surface area contributed by atoms with Crippen molar-refractivity contribution >= 4 is 25.7 Å². The maximum Gasteiger partial charge on any atom is 0.240 e. The van der Waals surface area contributed by atoms with Crippen LogP contribution in [-0.4, -0.2) is 42.4 Å². The monoisotopic (exact) mass is 518 g/mol. The molecule has 2 aromatic carbocycles. The molecule has 1 aliphatic heterocycles. The number of para-hydroxylation sites is 1. The van der Waals surface area contributed by atoms with Crippen LogP contribution in [0.25, 0.3) is 0 Å². The first-order valence-electron chi connectivity index (χ1n) is 11.7. The van der Waals surface area contributed by atoms with Gasteiger partial charge in [-0.05, 0) is 67.9 Å². The van der Waals surface area contributed by atoms with Crippen molar-refractivity contribution in [2.75, 3.05) is 30.3 Å². The third kappa shape index (κ3) is 7.70. The standard InChI is InChI=1S/C25H30N2O6S2/c26-35(30,31)25-4-2-1-3-23(25)27-34(28,29)16-13-22-10-9-20(8-7-19-5-6-19)17-24(22)33-18-21-11-14-32-15-12-21/h1-4,9-10,17,19,21,27H,5-6,11-16,18H2,(H2,26,30,31). The Morgan fingerprint density at radius 1 is 1.03 bits per heavy atom. The van der Waals surface area contributed by atoms with Crippen LogP contribution in [0.4, 0.5) is 5.69 Å². The van der Waals surface area contributed by atoms with Crippen molar-refractivity contribution in [2.24, 2.45) is 17.0 Å². The van der Waals surface area contributed by atoms with Crippen molar-refractivity contribution in [1.82, 2.24) is 0 Å². The highest BCUT2D eigenvalue weighted by atomic mass is 32.2. The normalized spacial score (nSPS) is 16.8. The number of nitrogens with two attached hydrogens (primary N) is 1. The number of primary sulfonamides is 1.